The number of esters is 2. The molecule has 0 unspecified atom stereocenters. The Kier molecular flexibility index (Phi) is 6.89. The lowest BCUT2D eigenvalue weighted by Crippen LogP contribution is -2.55. The summed E-state index contributed by atoms with van der Waals surface area (Å²) in [6, 6.07) is 7.48. The van der Waals surface area contributed by atoms with E-state index in [4.69, 9.17) is 9.47 Å². The van der Waals surface area contributed by atoms with Crippen molar-refractivity contribution in [3.63, 3.8) is 0 Å². The number of ether oxygens (including phenoxy) is 2. The highest BCUT2D eigenvalue weighted by Crippen LogP contribution is 2.47. The molecule has 6 nitrogen and oxygen atoms in total. The molecule has 4 atom stereocenters. The molecule has 1 saturated carbocycles. The van der Waals surface area contributed by atoms with Crippen LogP contribution in [0.15, 0.2) is 24.3 Å². The van der Waals surface area contributed by atoms with Gasteiger partial charge in [0.25, 0.3) is 0 Å². The van der Waals surface area contributed by atoms with Crippen LogP contribution in [0.1, 0.15) is 65.0 Å². The minimum absolute atomic E-state index is 0.0759. The molecule has 1 aromatic carbocycles. The first-order chi connectivity index (χ1) is 13.4. The fraction of sp³-hybridized carbons (Fsp3) is 0.609. The molecule has 29 heavy (non-hydrogen) atoms. The molecule has 0 saturated heterocycles. The Morgan fingerprint density at radius 3 is 2.07 bits per heavy atom. The lowest BCUT2D eigenvalue weighted by Gasteiger charge is -2.43. The molecular formula is C23H32O6. The van der Waals surface area contributed by atoms with Gasteiger partial charge in [-0.25, -0.2) is 0 Å². The number of benzene rings is 1. The maximum absolute atomic E-state index is 12.8. The zero-order valence-corrected chi connectivity index (χ0v) is 18.2. The summed E-state index contributed by atoms with van der Waals surface area (Å²) in [5.41, 5.74) is 0.00523. The smallest absolute Gasteiger partial charge is 0.317 e. The molecule has 0 heterocycles. The molecule has 0 radical (unpaired) electrons. The molecular weight excluding hydrogens is 372 g/mol. The van der Waals surface area contributed by atoms with Gasteiger partial charge in [0.05, 0.1) is 24.7 Å². The first-order valence-electron chi connectivity index (χ1n) is 10.1. The minimum Gasteiger partial charge on any atom is -0.466 e. The van der Waals surface area contributed by atoms with Crippen molar-refractivity contribution >= 4 is 17.7 Å². The van der Waals surface area contributed by atoms with E-state index in [-0.39, 0.29) is 25.0 Å². The van der Waals surface area contributed by atoms with Crippen LogP contribution in [0.2, 0.25) is 0 Å². The van der Waals surface area contributed by atoms with Crippen LogP contribution in [0.25, 0.3) is 0 Å². The topological polar surface area (TPSA) is 89.9 Å². The summed E-state index contributed by atoms with van der Waals surface area (Å²) in [7, 11) is 0. The van der Waals surface area contributed by atoms with Gasteiger partial charge in [0.15, 0.2) is 5.78 Å². The fourth-order valence-electron chi connectivity index (χ4n) is 4.09. The van der Waals surface area contributed by atoms with Gasteiger partial charge in [-0.2, -0.15) is 0 Å². The molecule has 1 fully saturated rings. The predicted molar refractivity (Wildman–Crippen MR) is 108 cm³/mol. The third-order valence-electron chi connectivity index (χ3n) is 5.51. The Balaban J connectivity index is 2.61. The average Bonchev–Trinajstić information content (AvgIpc) is 2.59. The number of aliphatic hydroxyl groups is 1. The van der Waals surface area contributed by atoms with Gasteiger partial charge in [-0.05, 0) is 37.3 Å². The number of ketones is 1. The maximum Gasteiger partial charge on any atom is 0.317 e. The minimum atomic E-state index is -1.63. The summed E-state index contributed by atoms with van der Waals surface area (Å²) in [6.45, 7) is 11.3. The molecule has 1 aliphatic carbocycles. The summed E-state index contributed by atoms with van der Waals surface area (Å²) in [4.78, 5) is 38.3. The molecule has 0 aliphatic heterocycles. The predicted octanol–water partition coefficient (Wildman–Crippen LogP) is 3.15. The van der Waals surface area contributed by atoms with E-state index in [2.05, 4.69) is 20.8 Å². The number of carbonyl (C=O) groups is 3. The molecule has 0 bridgehead atoms. The Labute approximate surface area is 172 Å². The van der Waals surface area contributed by atoms with Crippen molar-refractivity contribution < 1.29 is 29.0 Å². The van der Waals surface area contributed by atoms with Gasteiger partial charge < -0.3 is 14.6 Å². The van der Waals surface area contributed by atoms with E-state index in [0.29, 0.717) is 5.56 Å². The summed E-state index contributed by atoms with van der Waals surface area (Å²) in [5, 5.41) is 11.0. The van der Waals surface area contributed by atoms with Crippen LogP contribution in [0.5, 0.6) is 0 Å². The quantitative estimate of drug-likeness (QED) is 0.599. The van der Waals surface area contributed by atoms with Gasteiger partial charge >= 0.3 is 11.9 Å². The van der Waals surface area contributed by atoms with E-state index in [0.717, 1.165) is 5.56 Å². The monoisotopic (exact) mass is 404 g/mol. The second-order valence-corrected chi connectivity index (χ2v) is 8.86. The summed E-state index contributed by atoms with van der Waals surface area (Å²) >= 11 is 0. The second kappa shape index (κ2) is 8.66. The third kappa shape index (κ3) is 4.86. The summed E-state index contributed by atoms with van der Waals surface area (Å²) < 4.78 is 10.4. The normalized spacial score (nSPS) is 27.4. The zero-order chi connectivity index (χ0) is 22.0. The van der Waals surface area contributed by atoms with Gasteiger partial charge in [0, 0.05) is 12.3 Å². The summed E-state index contributed by atoms with van der Waals surface area (Å²) in [5.74, 6) is -4.81. The molecule has 1 N–H and O–H groups in total. The number of carbonyl (C=O) groups excluding carboxylic acids is 3. The van der Waals surface area contributed by atoms with Crippen molar-refractivity contribution in [1.29, 1.82) is 0 Å². The van der Waals surface area contributed by atoms with E-state index >= 15 is 0 Å². The average molecular weight is 405 g/mol. The molecule has 0 amide bonds. The SMILES string of the molecule is CCOC(=O)[C@H]1C(=O)C[C@](C)(O)[C@H](C(=O)OCC)[C@H]1c1ccc(C(C)(C)C)cc1. The van der Waals surface area contributed by atoms with Crippen molar-refractivity contribution in [2.75, 3.05) is 13.2 Å². The lowest BCUT2D eigenvalue weighted by molar-refractivity contribution is -0.172. The molecule has 0 aromatic heterocycles. The molecule has 1 aromatic rings. The van der Waals surface area contributed by atoms with Gasteiger partial charge in [-0.3, -0.25) is 14.4 Å². The lowest BCUT2D eigenvalue weighted by atomic mass is 9.61. The molecule has 6 heteroatoms. The van der Waals surface area contributed by atoms with Crippen molar-refractivity contribution in [3.8, 4) is 0 Å². The molecule has 160 valence electrons. The van der Waals surface area contributed by atoms with Crippen LogP contribution in [0, 0.1) is 11.8 Å². The first kappa shape index (κ1) is 23.1. The van der Waals surface area contributed by atoms with Crippen LogP contribution < -0.4 is 0 Å². The van der Waals surface area contributed by atoms with Gasteiger partial charge in [-0.15, -0.1) is 0 Å². The third-order valence-corrected chi connectivity index (χ3v) is 5.51. The zero-order valence-electron chi connectivity index (χ0n) is 18.2. The van der Waals surface area contributed by atoms with Gasteiger partial charge in [0.2, 0.25) is 0 Å². The first-order valence-corrected chi connectivity index (χ1v) is 10.1. The van der Waals surface area contributed by atoms with E-state index in [9.17, 15) is 19.5 Å². The van der Waals surface area contributed by atoms with Crippen LogP contribution >= 0.6 is 0 Å². The van der Waals surface area contributed by atoms with Crippen molar-refractivity contribution in [2.45, 2.75) is 64.9 Å². The Morgan fingerprint density at radius 2 is 1.59 bits per heavy atom. The number of Topliss-reactive ketones (excluding diaryl/α,β-unsaturated/α-hetero) is 1. The number of hydrogen-bond acceptors (Lipinski definition) is 6. The largest absolute Gasteiger partial charge is 0.466 e. The summed E-state index contributed by atoms with van der Waals surface area (Å²) in [6.07, 6.45) is -0.309. The second-order valence-electron chi connectivity index (χ2n) is 8.86. The van der Waals surface area contributed by atoms with Crippen LogP contribution in [0.3, 0.4) is 0 Å². The van der Waals surface area contributed by atoms with Crippen molar-refractivity contribution in [2.24, 2.45) is 11.8 Å². The Bertz CT molecular complexity index is 757. The van der Waals surface area contributed by atoms with Crippen LogP contribution in [0.4, 0.5) is 0 Å². The highest BCUT2D eigenvalue weighted by molar-refractivity contribution is 6.02. The van der Waals surface area contributed by atoms with E-state index in [1.807, 2.05) is 24.3 Å². The number of rotatable bonds is 5. The maximum atomic E-state index is 12.8. The van der Waals surface area contributed by atoms with Crippen molar-refractivity contribution in [1.82, 2.24) is 0 Å². The van der Waals surface area contributed by atoms with E-state index < -0.39 is 41.1 Å². The Hall–Kier alpha value is -2.21. The molecule has 0 spiro atoms. The van der Waals surface area contributed by atoms with Gasteiger partial charge in [0.1, 0.15) is 5.92 Å². The van der Waals surface area contributed by atoms with Crippen LogP contribution in [-0.4, -0.2) is 41.6 Å². The highest BCUT2D eigenvalue weighted by Gasteiger charge is 2.57. The Morgan fingerprint density at radius 1 is 1.07 bits per heavy atom. The van der Waals surface area contributed by atoms with Crippen LogP contribution in [-0.2, 0) is 29.3 Å². The highest BCUT2D eigenvalue weighted by atomic mass is 16.5. The molecule has 2 rings (SSSR count). The molecule has 1 aliphatic rings. The fourth-order valence-corrected chi connectivity index (χ4v) is 4.09. The van der Waals surface area contributed by atoms with E-state index in [1.54, 1.807) is 13.8 Å². The standard InChI is InChI=1S/C23H32O6/c1-7-28-20(25)18-16(24)13-23(6,27)19(21(26)29-8-2)17(18)14-9-11-15(12-10-14)22(3,4)5/h9-12,17-19,27H,7-8,13H2,1-6H3/t17-,18-,19-,23-/m0/s1. The van der Waals surface area contributed by atoms with E-state index in [1.165, 1.54) is 6.92 Å². The van der Waals surface area contributed by atoms with Crippen molar-refractivity contribution in [3.05, 3.63) is 35.4 Å². The number of hydrogen-bond donors (Lipinski definition) is 1. The van der Waals surface area contributed by atoms with Gasteiger partial charge in [-0.1, -0.05) is 45.0 Å².